The molecule has 4 aromatic rings. The third-order valence-electron chi connectivity index (χ3n) is 5.49. The van der Waals surface area contributed by atoms with Gasteiger partial charge in [-0.3, -0.25) is 4.79 Å². The number of hydrogen-bond donors (Lipinski definition) is 2. The van der Waals surface area contributed by atoms with Crippen LogP contribution in [0.1, 0.15) is 35.5 Å². The van der Waals surface area contributed by atoms with E-state index in [2.05, 4.69) is 16.1 Å². The number of rotatable bonds is 11. The van der Waals surface area contributed by atoms with E-state index in [4.69, 9.17) is 9.72 Å². The summed E-state index contributed by atoms with van der Waals surface area (Å²) in [7, 11) is -3.82. The van der Waals surface area contributed by atoms with E-state index < -0.39 is 16.1 Å². The maximum absolute atomic E-state index is 13.2. The molecule has 0 fully saturated rings. The fraction of sp³-hybridized carbons (Fsp3) is 0.222. The SMILES string of the molecule is CC(=O)NCCCOc1ccc2nc(C(Cc3cccc(C#N)c3)NS(=O)(=O)c3ccccc3)sc2c1. The summed E-state index contributed by atoms with van der Waals surface area (Å²) in [6.07, 6.45) is 1.00. The van der Waals surface area contributed by atoms with Crippen LogP contribution in [0.4, 0.5) is 0 Å². The summed E-state index contributed by atoms with van der Waals surface area (Å²) in [5, 5.41) is 12.6. The van der Waals surface area contributed by atoms with Gasteiger partial charge in [-0.05, 0) is 60.9 Å². The number of fused-ring (bicyclic) bond motifs is 1. The van der Waals surface area contributed by atoms with Crippen LogP contribution in [-0.2, 0) is 21.2 Å². The molecule has 0 saturated heterocycles. The number of ether oxygens (including phenoxy) is 1. The van der Waals surface area contributed by atoms with Crippen molar-refractivity contribution < 1.29 is 17.9 Å². The zero-order valence-electron chi connectivity index (χ0n) is 20.2. The molecule has 0 radical (unpaired) electrons. The van der Waals surface area contributed by atoms with E-state index in [1.807, 2.05) is 24.3 Å². The zero-order chi connectivity index (χ0) is 26.3. The van der Waals surface area contributed by atoms with Crippen molar-refractivity contribution in [1.29, 1.82) is 5.26 Å². The quantitative estimate of drug-likeness (QED) is 0.276. The average Bonchev–Trinajstić information content (AvgIpc) is 3.32. The number of amides is 1. The molecule has 1 unspecified atom stereocenters. The van der Waals surface area contributed by atoms with Crippen molar-refractivity contribution in [2.45, 2.75) is 30.7 Å². The Kier molecular flexibility index (Phi) is 8.50. The number of sulfonamides is 1. The molecule has 1 aromatic heterocycles. The number of hydrogen-bond acceptors (Lipinski definition) is 7. The minimum Gasteiger partial charge on any atom is -0.493 e. The van der Waals surface area contributed by atoms with E-state index in [1.54, 1.807) is 48.5 Å². The van der Waals surface area contributed by atoms with Crippen molar-refractivity contribution in [3.05, 3.63) is 88.9 Å². The number of benzene rings is 3. The highest BCUT2D eigenvalue weighted by Gasteiger charge is 2.25. The molecular formula is C27H26N4O4S2. The molecule has 0 spiro atoms. The highest BCUT2D eigenvalue weighted by Crippen LogP contribution is 2.32. The predicted molar refractivity (Wildman–Crippen MR) is 143 cm³/mol. The van der Waals surface area contributed by atoms with Crippen LogP contribution in [0.5, 0.6) is 5.75 Å². The summed E-state index contributed by atoms with van der Waals surface area (Å²) in [4.78, 5) is 15.9. The van der Waals surface area contributed by atoms with Crippen LogP contribution in [-0.4, -0.2) is 32.5 Å². The van der Waals surface area contributed by atoms with Gasteiger partial charge in [-0.1, -0.05) is 30.3 Å². The average molecular weight is 535 g/mol. The maximum atomic E-state index is 13.2. The van der Waals surface area contributed by atoms with Crippen LogP contribution in [0.3, 0.4) is 0 Å². The monoisotopic (exact) mass is 534 g/mol. The van der Waals surface area contributed by atoms with Crippen molar-refractivity contribution in [3.8, 4) is 11.8 Å². The Morgan fingerprint density at radius 2 is 1.92 bits per heavy atom. The van der Waals surface area contributed by atoms with Crippen LogP contribution in [0.25, 0.3) is 10.2 Å². The molecule has 37 heavy (non-hydrogen) atoms. The minimum absolute atomic E-state index is 0.0737. The Labute approximate surface area is 220 Å². The number of nitrogens with zero attached hydrogens (tertiary/aromatic N) is 2. The Morgan fingerprint density at radius 3 is 2.68 bits per heavy atom. The molecule has 4 rings (SSSR count). The van der Waals surface area contributed by atoms with Gasteiger partial charge in [-0.25, -0.2) is 18.1 Å². The van der Waals surface area contributed by atoms with Gasteiger partial charge in [0.2, 0.25) is 15.9 Å². The van der Waals surface area contributed by atoms with E-state index in [0.29, 0.717) is 42.3 Å². The number of aromatic nitrogens is 1. The lowest BCUT2D eigenvalue weighted by Crippen LogP contribution is -2.30. The first-order valence-corrected chi connectivity index (χ1v) is 14.0. The molecule has 8 nitrogen and oxygen atoms in total. The molecule has 1 heterocycles. The maximum Gasteiger partial charge on any atom is 0.241 e. The van der Waals surface area contributed by atoms with Crippen molar-refractivity contribution in [2.24, 2.45) is 0 Å². The summed E-state index contributed by atoms with van der Waals surface area (Å²) < 4.78 is 35.9. The lowest BCUT2D eigenvalue weighted by molar-refractivity contribution is -0.118. The molecule has 1 amide bonds. The minimum atomic E-state index is -3.82. The highest BCUT2D eigenvalue weighted by molar-refractivity contribution is 7.89. The summed E-state index contributed by atoms with van der Waals surface area (Å²) in [5.74, 6) is 0.601. The standard InChI is InChI=1S/C27H26N4O4S2/c1-19(32)29-13-6-14-35-22-11-12-24-26(17-22)36-27(30-24)25(16-20-7-5-8-21(15-20)18-28)31-37(33,34)23-9-3-2-4-10-23/h2-5,7-12,15,17,25,31H,6,13-14,16H2,1H3,(H,29,32). The highest BCUT2D eigenvalue weighted by atomic mass is 32.2. The first-order chi connectivity index (χ1) is 17.8. The Morgan fingerprint density at radius 1 is 1.11 bits per heavy atom. The normalized spacial score (nSPS) is 12.1. The molecule has 0 aliphatic carbocycles. The smallest absolute Gasteiger partial charge is 0.241 e. The largest absolute Gasteiger partial charge is 0.493 e. The van der Waals surface area contributed by atoms with Gasteiger partial charge in [0.25, 0.3) is 0 Å². The second kappa shape index (κ2) is 12.0. The van der Waals surface area contributed by atoms with Crippen molar-refractivity contribution >= 4 is 37.5 Å². The van der Waals surface area contributed by atoms with Crippen molar-refractivity contribution in [3.63, 3.8) is 0 Å². The van der Waals surface area contributed by atoms with Crippen LogP contribution < -0.4 is 14.8 Å². The Balaban J connectivity index is 1.59. The third-order valence-corrected chi connectivity index (χ3v) is 8.10. The number of carbonyl (C=O) groups excluding carboxylic acids is 1. The molecule has 10 heteroatoms. The second-order valence-corrected chi connectivity index (χ2v) is 11.1. The second-order valence-electron chi connectivity index (χ2n) is 8.37. The van der Waals surface area contributed by atoms with Crippen LogP contribution in [0, 0.1) is 11.3 Å². The van der Waals surface area contributed by atoms with Crippen LogP contribution in [0.15, 0.2) is 77.7 Å². The van der Waals surface area contributed by atoms with Gasteiger partial charge in [0.1, 0.15) is 10.8 Å². The summed E-state index contributed by atoms with van der Waals surface area (Å²) in [5.41, 5.74) is 2.06. The van der Waals surface area contributed by atoms with Gasteiger partial charge in [0, 0.05) is 13.5 Å². The Bertz CT molecular complexity index is 1530. The zero-order valence-corrected chi connectivity index (χ0v) is 21.8. The Hall–Kier alpha value is -3.78. The molecule has 3 aromatic carbocycles. The molecule has 190 valence electrons. The van der Waals surface area contributed by atoms with Gasteiger partial charge >= 0.3 is 0 Å². The lowest BCUT2D eigenvalue weighted by Gasteiger charge is -2.17. The van der Waals surface area contributed by atoms with Gasteiger partial charge in [0.15, 0.2) is 0 Å². The molecule has 0 aliphatic heterocycles. The molecule has 0 bridgehead atoms. The predicted octanol–water partition coefficient (Wildman–Crippen LogP) is 4.34. The number of thiazole rings is 1. The number of nitriles is 1. The van der Waals surface area contributed by atoms with Crippen molar-refractivity contribution in [1.82, 2.24) is 15.0 Å². The first kappa shape index (κ1) is 26.3. The molecule has 2 N–H and O–H groups in total. The fourth-order valence-corrected chi connectivity index (χ4v) is 6.07. The number of nitrogens with one attached hydrogen (secondary N) is 2. The molecule has 0 saturated carbocycles. The topological polar surface area (TPSA) is 121 Å². The first-order valence-electron chi connectivity index (χ1n) is 11.7. The van der Waals surface area contributed by atoms with Gasteiger partial charge < -0.3 is 10.1 Å². The molecule has 1 atom stereocenters. The summed E-state index contributed by atoms with van der Waals surface area (Å²) in [6, 6.07) is 22.4. The van der Waals surface area contributed by atoms with E-state index in [9.17, 15) is 18.5 Å². The molecular weight excluding hydrogens is 508 g/mol. The van der Waals surface area contributed by atoms with E-state index >= 15 is 0 Å². The fourth-order valence-electron chi connectivity index (χ4n) is 3.73. The van der Waals surface area contributed by atoms with Gasteiger partial charge in [0.05, 0.1) is 39.4 Å². The van der Waals surface area contributed by atoms with Crippen LogP contribution >= 0.6 is 11.3 Å². The van der Waals surface area contributed by atoms with E-state index in [0.717, 1.165) is 15.8 Å². The third kappa shape index (κ3) is 7.13. The van der Waals surface area contributed by atoms with E-state index in [-0.39, 0.29) is 10.8 Å². The van der Waals surface area contributed by atoms with Crippen LogP contribution in [0.2, 0.25) is 0 Å². The van der Waals surface area contributed by atoms with Crippen molar-refractivity contribution in [2.75, 3.05) is 13.2 Å². The van der Waals surface area contributed by atoms with E-state index in [1.165, 1.54) is 18.3 Å². The lowest BCUT2D eigenvalue weighted by atomic mass is 10.0. The van der Waals surface area contributed by atoms with Gasteiger partial charge in [-0.2, -0.15) is 5.26 Å². The van der Waals surface area contributed by atoms with Gasteiger partial charge in [-0.15, -0.1) is 11.3 Å². The summed E-state index contributed by atoms with van der Waals surface area (Å²) >= 11 is 1.39. The number of carbonyl (C=O) groups is 1. The molecule has 0 aliphatic rings. The summed E-state index contributed by atoms with van der Waals surface area (Å²) in [6.45, 7) is 2.47.